The highest BCUT2D eigenvalue weighted by Crippen LogP contribution is 1.95. The molecule has 0 heterocycles. The highest BCUT2D eigenvalue weighted by atomic mass is 16.3. The van der Waals surface area contributed by atoms with Gasteiger partial charge in [-0.05, 0) is 13.8 Å². The lowest BCUT2D eigenvalue weighted by molar-refractivity contribution is 0.0710. The first-order valence-corrected chi connectivity index (χ1v) is 2.60. The van der Waals surface area contributed by atoms with Crippen LogP contribution in [0.4, 0.5) is 0 Å². The van der Waals surface area contributed by atoms with Gasteiger partial charge in [0.25, 0.3) is 0 Å². The van der Waals surface area contributed by atoms with Crippen molar-refractivity contribution in [3.8, 4) is 0 Å². The maximum atomic E-state index is 8.98. The molecule has 0 saturated carbocycles. The number of hydrogen-bond acceptors (Lipinski definition) is 3. The molecule has 0 rings (SSSR count). The SMILES string of the molecule is CC(C)(O)CNCO. The minimum atomic E-state index is -0.720. The van der Waals surface area contributed by atoms with Crippen molar-refractivity contribution in [2.75, 3.05) is 13.3 Å². The molecule has 0 radical (unpaired) electrons. The van der Waals surface area contributed by atoms with Crippen LogP contribution in [0.25, 0.3) is 0 Å². The van der Waals surface area contributed by atoms with Crippen LogP contribution in [0, 0.1) is 0 Å². The van der Waals surface area contributed by atoms with Gasteiger partial charge in [0.1, 0.15) is 0 Å². The van der Waals surface area contributed by atoms with E-state index in [2.05, 4.69) is 5.32 Å². The van der Waals surface area contributed by atoms with Gasteiger partial charge in [-0.2, -0.15) is 0 Å². The fourth-order valence-electron chi connectivity index (χ4n) is 0.362. The smallest absolute Gasteiger partial charge is 0.0932 e. The number of aliphatic hydroxyl groups is 2. The third kappa shape index (κ3) is 5.88. The Bertz CT molecular complexity index is 57.9. The summed E-state index contributed by atoms with van der Waals surface area (Å²) in [6.07, 6.45) is 0. The molecular formula is C5H13NO2. The molecule has 0 aliphatic rings. The first-order valence-electron chi connectivity index (χ1n) is 2.60. The van der Waals surface area contributed by atoms with Crippen LogP contribution in [-0.2, 0) is 0 Å². The highest BCUT2D eigenvalue weighted by Gasteiger charge is 2.09. The summed E-state index contributed by atoms with van der Waals surface area (Å²) in [5, 5.41) is 19.8. The minimum absolute atomic E-state index is 0.0794. The predicted octanol–water partition coefficient (Wildman–Crippen LogP) is -0.703. The van der Waals surface area contributed by atoms with E-state index in [1.807, 2.05) is 0 Å². The first kappa shape index (κ1) is 7.88. The highest BCUT2D eigenvalue weighted by molar-refractivity contribution is 4.66. The zero-order valence-corrected chi connectivity index (χ0v) is 5.31. The molecule has 0 saturated heterocycles. The third-order valence-electron chi connectivity index (χ3n) is 0.669. The minimum Gasteiger partial charge on any atom is -0.389 e. The molecule has 0 aliphatic carbocycles. The number of aliphatic hydroxyl groups excluding tert-OH is 1. The Morgan fingerprint density at radius 1 is 1.50 bits per heavy atom. The van der Waals surface area contributed by atoms with E-state index >= 15 is 0 Å². The molecule has 0 amide bonds. The van der Waals surface area contributed by atoms with Crippen molar-refractivity contribution in [1.82, 2.24) is 5.32 Å². The van der Waals surface area contributed by atoms with E-state index in [0.29, 0.717) is 6.54 Å². The Labute approximate surface area is 49.3 Å². The van der Waals surface area contributed by atoms with Crippen LogP contribution in [-0.4, -0.2) is 29.1 Å². The molecule has 0 aliphatic heterocycles. The molecule has 0 aromatic rings. The van der Waals surface area contributed by atoms with Gasteiger partial charge in [-0.25, -0.2) is 0 Å². The summed E-state index contributed by atoms with van der Waals surface area (Å²) >= 11 is 0. The summed E-state index contributed by atoms with van der Waals surface area (Å²) in [6.45, 7) is 3.69. The normalized spacial score (nSPS) is 12.0. The number of nitrogens with one attached hydrogen (secondary N) is 1. The predicted molar refractivity (Wildman–Crippen MR) is 31.4 cm³/mol. The molecule has 0 unspecified atom stereocenters. The lowest BCUT2D eigenvalue weighted by Gasteiger charge is -2.15. The lowest BCUT2D eigenvalue weighted by atomic mass is 10.1. The summed E-state index contributed by atoms with van der Waals surface area (Å²) in [7, 11) is 0. The van der Waals surface area contributed by atoms with Crippen LogP contribution in [0.2, 0.25) is 0 Å². The van der Waals surface area contributed by atoms with Crippen LogP contribution in [0.1, 0.15) is 13.8 Å². The average Bonchev–Trinajstić information content (AvgIpc) is 1.59. The standard InChI is InChI=1S/C5H13NO2/c1-5(2,8)3-6-4-7/h6-8H,3-4H2,1-2H3. The molecule has 3 N–H and O–H groups in total. The van der Waals surface area contributed by atoms with Crippen LogP contribution < -0.4 is 5.32 Å². The maximum absolute atomic E-state index is 8.98. The van der Waals surface area contributed by atoms with Crippen molar-refractivity contribution in [2.24, 2.45) is 0 Å². The molecule has 0 aromatic carbocycles. The van der Waals surface area contributed by atoms with E-state index in [4.69, 9.17) is 10.2 Å². The summed E-state index contributed by atoms with van der Waals surface area (Å²) in [4.78, 5) is 0. The Morgan fingerprint density at radius 3 is 2.12 bits per heavy atom. The molecule has 0 fully saturated rings. The molecule has 0 atom stereocenters. The van der Waals surface area contributed by atoms with Gasteiger partial charge in [0.05, 0.1) is 12.3 Å². The Morgan fingerprint density at radius 2 is 2.00 bits per heavy atom. The number of hydrogen-bond donors (Lipinski definition) is 3. The zero-order chi connectivity index (χ0) is 6.62. The summed E-state index contributed by atoms with van der Waals surface area (Å²) in [5.74, 6) is 0. The van der Waals surface area contributed by atoms with Crippen molar-refractivity contribution in [1.29, 1.82) is 0 Å². The Balaban J connectivity index is 3.11. The molecule has 0 spiro atoms. The monoisotopic (exact) mass is 119 g/mol. The maximum Gasteiger partial charge on any atom is 0.0932 e. The van der Waals surface area contributed by atoms with Crippen molar-refractivity contribution < 1.29 is 10.2 Å². The first-order chi connectivity index (χ1) is 3.56. The summed E-state index contributed by atoms with van der Waals surface area (Å²) in [6, 6.07) is 0. The van der Waals surface area contributed by atoms with Crippen LogP contribution in [0.3, 0.4) is 0 Å². The van der Waals surface area contributed by atoms with E-state index in [0.717, 1.165) is 0 Å². The van der Waals surface area contributed by atoms with Crippen LogP contribution in [0.5, 0.6) is 0 Å². The second-order valence-electron chi connectivity index (χ2n) is 2.40. The van der Waals surface area contributed by atoms with Gasteiger partial charge in [-0.15, -0.1) is 0 Å². The van der Waals surface area contributed by atoms with E-state index in [1.165, 1.54) is 0 Å². The molecule has 3 nitrogen and oxygen atoms in total. The molecule has 0 bridgehead atoms. The molecule has 50 valence electrons. The summed E-state index contributed by atoms with van der Waals surface area (Å²) in [5.41, 5.74) is -0.720. The lowest BCUT2D eigenvalue weighted by Crippen LogP contribution is -2.34. The van der Waals surface area contributed by atoms with Gasteiger partial charge >= 0.3 is 0 Å². The van der Waals surface area contributed by atoms with Gasteiger partial charge in [-0.1, -0.05) is 0 Å². The van der Waals surface area contributed by atoms with Gasteiger partial charge < -0.3 is 10.2 Å². The molecular weight excluding hydrogens is 106 g/mol. The molecule has 8 heavy (non-hydrogen) atoms. The van der Waals surface area contributed by atoms with Crippen molar-refractivity contribution in [2.45, 2.75) is 19.4 Å². The molecule has 3 heteroatoms. The van der Waals surface area contributed by atoms with E-state index in [1.54, 1.807) is 13.8 Å². The molecule has 0 aromatic heterocycles. The van der Waals surface area contributed by atoms with Crippen LogP contribution in [0.15, 0.2) is 0 Å². The van der Waals surface area contributed by atoms with Gasteiger partial charge in [0.2, 0.25) is 0 Å². The quantitative estimate of drug-likeness (QED) is 0.430. The van der Waals surface area contributed by atoms with Crippen molar-refractivity contribution >= 4 is 0 Å². The van der Waals surface area contributed by atoms with Gasteiger partial charge in [0, 0.05) is 6.54 Å². The van der Waals surface area contributed by atoms with E-state index < -0.39 is 5.60 Å². The van der Waals surface area contributed by atoms with E-state index in [-0.39, 0.29) is 6.73 Å². The Kier molecular flexibility index (Phi) is 2.97. The van der Waals surface area contributed by atoms with Gasteiger partial charge in [0.15, 0.2) is 0 Å². The third-order valence-corrected chi connectivity index (χ3v) is 0.669. The van der Waals surface area contributed by atoms with E-state index in [9.17, 15) is 0 Å². The fraction of sp³-hybridized carbons (Fsp3) is 1.00. The average molecular weight is 119 g/mol. The van der Waals surface area contributed by atoms with Crippen molar-refractivity contribution in [3.05, 3.63) is 0 Å². The van der Waals surface area contributed by atoms with Crippen molar-refractivity contribution in [3.63, 3.8) is 0 Å². The Hall–Kier alpha value is -0.120. The topological polar surface area (TPSA) is 52.5 Å². The van der Waals surface area contributed by atoms with Crippen LogP contribution >= 0.6 is 0 Å². The second-order valence-corrected chi connectivity index (χ2v) is 2.40. The largest absolute Gasteiger partial charge is 0.389 e. The number of rotatable bonds is 3. The zero-order valence-electron chi connectivity index (χ0n) is 5.31. The summed E-state index contributed by atoms with van der Waals surface area (Å²) < 4.78 is 0. The second kappa shape index (κ2) is 3.02. The fourth-order valence-corrected chi connectivity index (χ4v) is 0.362. The van der Waals surface area contributed by atoms with Gasteiger partial charge in [-0.3, -0.25) is 5.32 Å².